The standard InChI is InChI=1S/C22H19FN4O3/c1-12-19-20(17(10-24)21(25)30-22(19)27-26-12)13-3-4-14(18(9-13)28-2)11-29-16-7-5-15(23)6-8-16/h3-9,20H,11,25H2,1-2H3,(H,26,27)/t20-/m0/s1. The van der Waals surface area contributed by atoms with Crippen molar-refractivity contribution in [3.63, 3.8) is 0 Å². The molecular weight excluding hydrogens is 387 g/mol. The zero-order valence-electron chi connectivity index (χ0n) is 16.4. The number of allylic oxidation sites excluding steroid dienone is 1. The van der Waals surface area contributed by atoms with Gasteiger partial charge in [0.1, 0.15) is 35.6 Å². The lowest BCUT2D eigenvalue weighted by atomic mass is 9.84. The third-order valence-corrected chi connectivity index (χ3v) is 4.98. The van der Waals surface area contributed by atoms with Gasteiger partial charge < -0.3 is 19.9 Å². The lowest BCUT2D eigenvalue weighted by molar-refractivity contribution is 0.296. The Labute approximate surface area is 172 Å². The minimum Gasteiger partial charge on any atom is -0.496 e. The molecule has 152 valence electrons. The Kier molecular flexibility index (Phi) is 5.02. The van der Waals surface area contributed by atoms with Crippen molar-refractivity contribution in [1.29, 1.82) is 5.26 Å². The van der Waals surface area contributed by atoms with Crippen molar-refractivity contribution in [2.45, 2.75) is 19.4 Å². The summed E-state index contributed by atoms with van der Waals surface area (Å²) in [6.45, 7) is 2.10. The Morgan fingerprint density at radius 2 is 2.03 bits per heavy atom. The van der Waals surface area contributed by atoms with Crippen molar-refractivity contribution >= 4 is 0 Å². The number of nitriles is 1. The lowest BCUT2D eigenvalue weighted by Crippen LogP contribution is -2.21. The number of hydrogen-bond acceptors (Lipinski definition) is 6. The maximum absolute atomic E-state index is 13.1. The third kappa shape index (κ3) is 3.42. The van der Waals surface area contributed by atoms with Gasteiger partial charge in [-0.25, -0.2) is 4.39 Å². The predicted octanol–water partition coefficient (Wildman–Crippen LogP) is 3.66. The number of H-pyrrole nitrogens is 1. The molecule has 0 aliphatic carbocycles. The molecule has 2 heterocycles. The summed E-state index contributed by atoms with van der Waals surface area (Å²) in [4.78, 5) is 0. The highest BCUT2D eigenvalue weighted by Gasteiger charge is 2.34. The molecule has 4 rings (SSSR count). The van der Waals surface area contributed by atoms with Gasteiger partial charge in [0, 0.05) is 16.8 Å². The molecule has 7 nitrogen and oxygen atoms in total. The van der Waals surface area contributed by atoms with E-state index < -0.39 is 5.92 Å². The molecule has 0 spiro atoms. The van der Waals surface area contributed by atoms with Crippen molar-refractivity contribution in [1.82, 2.24) is 10.2 Å². The van der Waals surface area contributed by atoms with Crippen LogP contribution in [0.3, 0.4) is 0 Å². The number of aryl methyl sites for hydroxylation is 1. The summed E-state index contributed by atoms with van der Waals surface area (Å²) in [5.74, 6) is 0.780. The van der Waals surface area contributed by atoms with E-state index in [4.69, 9.17) is 19.9 Å². The van der Waals surface area contributed by atoms with Crippen LogP contribution in [0.15, 0.2) is 53.9 Å². The van der Waals surface area contributed by atoms with Crippen LogP contribution >= 0.6 is 0 Å². The Balaban J connectivity index is 1.68. The van der Waals surface area contributed by atoms with Gasteiger partial charge in [0.15, 0.2) is 0 Å². The fourth-order valence-corrected chi connectivity index (χ4v) is 3.48. The van der Waals surface area contributed by atoms with Gasteiger partial charge in [-0.15, -0.1) is 5.10 Å². The van der Waals surface area contributed by atoms with E-state index >= 15 is 0 Å². The number of nitrogens with two attached hydrogens (primary N) is 1. The van der Waals surface area contributed by atoms with E-state index in [0.29, 0.717) is 23.0 Å². The van der Waals surface area contributed by atoms with E-state index in [-0.39, 0.29) is 18.3 Å². The highest BCUT2D eigenvalue weighted by molar-refractivity contribution is 5.56. The van der Waals surface area contributed by atoms with E-state index in [9.17, 15) is 9.65 Å². The number of aromatic amines is 1. The summed E-state index contributed by atoms with van der Waals surface area (Å²) < 4.78 is 29.8. The van der Waals surface area contributed by atoms with Crippen LogP contribution in [0.1, 0.15) is 28.3 Å². The Morgan fingerprint density at radius 1 is 1.27 bits per heavy atom. The van der Waals surface area contributed by atoms with E-state index in [1.165, 1.54) is 12.1 Å². The van der Waals surface area contributed by atoms with Crippen molar-refractivity contribution in [3.8, 4) is 23.4 Å². The van der Waals surface area contributed by atoms with Crippen molar-refractivity contribution < 1.29 is 18.6 Å². The molecule has 8 heteroatoms. The first-order chi connectivity index (χ1) is 14.5. The summed E-state index contributed by atoms with van der Waals surface area (Å²) in [6.07, 6.45) is 0. The average Bonchev–Trinajstić information content (AvgIpc) is 3.12. The molecular formula is C22H19FN4O3. The number of aromatic nitrogens is 2. The smallest absolute Gasteiger partial charge is 0.244 e. The second-order valence-electron chi connectivity index (χ2n) is 6.81. The first-order valence-electron chi connectivity index (χ1n) is 9.19. The molecule has 0 bridgehead atoms. The van der Waals surface area contributed by atoms with E-state index in [1.54, 1.807) is 19.2 Å². The van der Waals surface area contributed by atoms with Gasteiger partial charge in [-0.3, -0.25) is 5.10 Å². The highest BCUT2D eigenvalue weighted by atomic mass is 19.1. The Hall–Kier alpha value is -3.99. The molecule has 0 fully saturated rings. The molecule has 1 aromatic heterocycles. The molecule has 0 unspecified atom stereocenters. The first kappa shape index (κ1) is 19.3. The summed E-state index contributed by atoms with van der Waals surface area (Å²) in [6, 6.07) is 13.6. The van der Waals surface area contributed by atoms with Gasteiger partial charge in [-0.2, -0.15) is 5.26 Å². The number of ether oxygens (including phenoxy) is 3. The molecule has 0 radical (unpaired) electrons. The van der Waals surface area contributed by atoms with Gasteiger partial charge in [-0.05, 0) is 42.8 Å². The fourth-order valence-electron chi connectivity index (χ4n) is 3.48. The van der Waals surface area contributed by atoms with Gasteiger partial charge in [-0.1, -0.05) is 12.1 Å². The topological polar surface area (TPSA) is 106 Å². The quantitative estimate of drug-likeness (QED) is 0.670. The fraction of sp³-hybridized carbons (Fsp3) is 0.182. The zero-order valence-corrected chi connectivity index (χ0v) is 16.4. The molecule has 0 saturated carbocycles. The monoisotopic (exact) mass is 406 g/mol. The maximum Gasteiger partial charge on any atom is 0.244 e. The van der Waals surface area contributed by atoms with Crippen LogP contribution in [-0.2, 0) is 6.61 Å². The average molecular weight is 406 g/mol. The number of rotatable bonds is 5. The van der Waals surface area contributed by atoms with Crippen molar-refractivity contribution in [2.24, 2.45) is 5.73 Å². The summed E-state index contributed by atoms with van der Waals surface area (Å²) >= 11 is 0. The van der Waals surface area contributed by atoms with E-state index in [1.807, 2.05) is 25.1 Å². The number of methoxy groups -OCH3 is 1. The number of hydrogen-bond donors (Lipinski definition) is 2. The zero-order chi connectivity index (χ0) is 21.3. The molecule has 1 atom stereocenters. The molecule has 0 saturated heterocycles. The Bertz CT molecular complexity index is 1160. The molecule has 2 aromatic carbocycles. The maximum atomic E-state index is 13.1. The lowest BCUT2D eigenvalue weighted by Gasteiger charge is -2.24. The molecule has 3 N–H and O–H groups in total. The largest absolute Gasteiger partial charge is 0.496 e. The van der Waals surface area contributed by atoms with Crippen molar-refractivity contribution in [2.75, 3.05) is 7.11 Å². The third-order valence-electron chi connectivity index (χ3n) is 4.98. The van der Waals surface area contributed by atoms with Crippen molar-refractivity contribution in [3.05, 3.63) is 82.1 Å². The number of nitrogens with one attached hydrogen (secondary N) is 1. The second kappa shape index (κ2) is 7.79. The van der Waals surface area contributed by atoms with Gasteiger partial charge in [0.25, 0.3) is 0 Å². The normalized spacial score (nSPS) is 15.2. The Morgan fingerprint density at radius 3 is 2.73 bits per heavy atom. The van der Waals surface area contributed by atoms with Crippen LogP contribution in [0, 0.1) is 24.1 Å². The van der Waals surface area contributed by atoms with Gasteiger partial charge >= 0.3 is 0 Å². The molecule has 1 aliphatic heterocycles. The number of benzene rings is 2. The van der Waals surface area contributed by atoms with Crippen LogP contribution in [0.25, 0.3) is 0 Å². The molecule has 3 aromatic rings. The molecule has 0 amide bonds. The van der Waals surface area contributed by atoms with E-state index in [2.05, 4.69) is 16.3 Å². The molecule has 1 aliphatic rings. The van der Waals surface area contributed by atoms with Crippen LogP contribution < -0.4 is 19.9 Å². The molecule has 30 heavy (non-hydrogen) atoms. The van der Waals surface area contributed by atoms with Crippen LogP contribution in [0.5, 0.6) is 17.4 Å². The van der Waals surface area contributed by atoms with Gasteiger partial charge in [0.2, 0.25) is 11.8 Å². The summed E-state index contributed by atoms with van der Waals surface area (Å²) in [7, 11) is 1.56. The van der Waals surface area contributed by atoms with E-state index in [0.717, 1.165) is 22.4 Å². The second-order valence-corrected chi connectivity index (χ2v) is 6.81. The first-order valence-corrected chi connectivity index (χ1v) is 9.19. The van der Waals surface area contributed by atoms with Crippen LogP contribution in [-0.4, -0.2) is 17.3 Å². The van der Waals surface area contributed by atoms with Crippen LogP contribution in [0.2, 0.25) is 0 Å². The summed E-state index contributed by atoms with van der Waals surface area (Å²) in [5, 5.41) is 16.7. The minimum absolute atomic E-state index is 0.0317. The highest BCUT2D eigenvalue weighted by Crippen LogP contribution is 2.43. The van der Waals surface area contributed by atoms with Gasteiger partial charge in [0.05, 0.1) is 13.0 Å². The summed E-state index contributed by atoms with van der Waals surface area (Å²) in [5.41, 5.74) is 9.44. The minimum atomic E-state index is -0.432. The number of halogens is 1. The number of fused-ring (bicyclic) bond motifs is 1. The SMILES string of the molecule is COc1cc([C@H]2C(C#N)=C(N)Oc3n[nH]c(C)c32)ccc1COc1ccc(F)cc1. The predicted molar refractivity (Wildman–Crippen MR) is 106 cm³/mol. The number of nitrogens with zero attached hydrogens (tertiary/aromatic N) is 2. The van der Waals surface area contributed by atoms with Crippen LogP contribution in [0.4, 0.5) is 4.39 Å².